The molecule has 1 aromatic heterocycles. The van der Waals surface area contributed by atoms with Gasteiger partial charge >= 0.3 is 6.03 Å². The smallest absolute Gasteiger partial charge is 0.317 e. The number of likely N-dealkylation sites (tertiary alicyclic amines) is 1. The lowest BCUT2D eigenvalue weighted by molar-refractivity contribution is 0.0934. The van der Waals surface area contributed by atoms with Gasteiger partial charge in [-0.25, -0.2) is 4.79 Å². The molecule has 8 nitrogen and oxygen atoms in total. The van der Waals surface area contributed by atoms with Crippen molar-refractivity contribution in [3.8, 4) is 5.75 Å². The Balaban J connectivity index is 1.22. The molecule has 8 heteroatoms. The number of ether oxygens (including phenoxy) is 1. The number of nitrogens with one attached hydrogen (secondary N) is 2. The number of carbonyl (C=O) groups excluding carboxylic acids is 2. The third-order valence-corrected chi connectivity index (χ3v) is 5.70. The molecule has 0 atom stereocenters. The molecule has 1 aromatic carbocycles. The summed E-state index contributed by atoms with van der Waals surface area (Å²) in [4.78, 5) is 32.2. The fourth-order valence-electron chi connectivity index (χ4n) is 3.97. The number of piperidine rings is 1. The highest BCUT2D eigenvalue weighted by Gasteiger charge is 2.21. The molecule has 4 rings (SSSR count). The third-order valence-electron chi connectivity index (χ3n) is 5.70. The number of nitrogens with zero attached hydrogens (tertiary/aromatic N) is 3. The van der Waals surface area contributed by atoms with Crippen LogP contribution >= 0.6 is 0 Å². The van der Waals surface area contributed by atoms with Crippen molar-refractivity contribution < 1.29 is 14.3 Å². The van der Waals surface area contributed by atoms with Gasteiger partial charge in [0, 0.05) is 63.8 Å². The molecule has 3 amide bonds. The van der Waals surface area contributed by atoms with E-state index < -0.39 is 0 Å². The van der Waals surface area contributed by atoms with Gasteiger partial charge in [-0.1, -0.05) is 6.07 Å². The van der Waals surface area contributed by atoms with Crippen LogP contribution in [0.5, 0.6) is 5.75 Å². The van der Waals surface area contributed by atoms with Crippen LogP contribution in [0.15, 0.2) is 48.8 Å². The minimum atomic E-state index is -0.155. The molecule has 3 heterocycles. The predicted molar refractivity (Wildman–Crippen MR) is 117 cm³/mol. The van der Waals surface area contributed by atoms with Gasteiger partial charge in [-0.05, 0) is 48.7 Å². The fourth-order valence-corrected chi connectivity index (χ4v) is 3.97. The average Bonchev–Trinajstić information content (AvgIpc) is 3.20. The van der Waals surface area contributed by atoms with Crippen LogP contribution in [0.4, 0.5) is 4.79 Å². The van der Waals surface area contributed by atoms with E-state index >= 15 is 0 Å². The molecule has 0 radical (unpaired) electrons. The average molecular weight is 424 g/mol. The first-order chi connectivity index (χ1) is 15.2. The summed E-state index contributed by atoms with van der Waals surface area (Å²) in [6.07, 6.45) is 5.73. The summed E-state index contributed by atoms with van der Waals surface area (Å²) in [5, 5.41) is 5.63. The molecule has 2 aliphatic rings. The first-order valence-corrected chi connectivity index (χ1v) is 10.9. The monoisotopic (exact) mass is 423 g/mol. The van der Waals surface area contributed by atoms with Gasteiger partial charge in [-0.3, -0.25) is 14.7 Å². The van der Waals surface area contributed by atoms with Gasteiger partial charge in [-0.15, -0.1) is 0 Å². The molecule has 0 spiro atoms. The number of benzene rings is 1. The van der Waals surface area contributed by atoms with Gasteiger partial charge in [-0.2, -0.15) is 0 Å². The number of hydrogen-bond acceptors (Lipinski definition) is 5. The van der Waals surface area contributed by atoms with Crippen LogP contribution in [-0.2, 0) is 6.54 Å². The molecule has 2 aliphatic heterocycles. The molecule has 0 saturated carbocycles. The van der Waals surface area contributed by atoms with Crippen molar-refractivity contribution in [3.63, 3.8) is 0 Å². The van der Waals surface area contributed by atoms with Crippen LogP contribution < -0.4 is 15.4 Å². The topological polar surface area (TPSA) is 86.8 Å². The molecular weight excluding hydrogens is 394 g/mol. The zero-order chi connectivity index (χ0) is 21.5. The van der Waals surface area contributed by atoms with Crippen LogP contribution in [0.25, 0.3) is 0 Å². The van der Waals surface area contributed by atoms with E-state index in [-0.39, 0.29) is 18.0 Å². The van der Waals surface area contributed by atoms with E-state index in [1.54, 1.807) is 17.0 Å². The summed E-state index contributed by atoms with van der Waals surface area (Å²) in [7, 11) is 0. The first-order valence-electron chi connectivity index (χ1n) is 10.9. The fraction of sp³-hybridized carbons (Fsp3) is 0.435. The maximum absolute atomic E-state index is 12.5. The van der Waals surface area contributed by atoms with E-state index in [1.165, 1.54) is 5.56 Å². The first kappa shape index (κ1) is 21.1. The van der Waals surface area contributed by atoms with Gasteiger partial charge in [0.05, 0.1) is 0 Å². The van der Waals surface area contributed by atoms with Gasteiger partial charge in [0.15, 0.2) is 0 Å². The second-order valence-corrected chi connectivity index (χ2v) is 7.95. The quantitative estimate of drug-likeness (QED) is 0.677. The Morgan fingerprint density at radius 3 is 2.71 bits per heavy atom. The Bertz CT molecular complexity index is 884. The maximum atomic E-state index is 12.5. The number of carbonyl (C=O) groups is 2. The standard InChI is InChI=1S/C23H29N5O3/c29-22(25-10-14-28-15-11-26-23(28)30)19-2-1-3-21(16-19)31-20-6-12-27(13-7-20)17-18-4-8-24-9-5-18/h1-5,8-9,16,20H,6-7,10-15,17H2,(H,25,29)(H,26,30). The lowest BCUT2D eigenvalue weighted by Crippen LogP contribution is -2.38. The van der Waals surface area contributed by atoms with Gasteiger partial charge in [0.25, 0.3) is 5.91 Å². The van der Waals surface area contributed by atoms with Crippen LogP contribution in [0.2, 0.25) is 0 Å². The van der Waals surface area contributed by atoms with Crippen molar-refractivity contribution in [3.05, 3.63) is 59.9 Å². The molecule has 2 aromatic rings. The summed E-state index contributed by atoms with van der Waals surface area (Å²) < 4.78 is 6.17. The lowest BCUT2D eigenvalue weighted by Gasteiger charge is -2.32. The number of rotatable bonds is 8. The molecule has 31 heavy (non-hydrogen) atoms. The van der Waals surface area contributed by atoms with E-state index in [2.05, 4.69) is 32.7 Å². The minimum Gasteiger partial charge on any atom is -0.490 e. The largest absolute Gasteiger partial charge is 0.490 e. The number of pyridine rings is 1. The molecular formula is C23H29N5O3. The zero-order valence-corrected chi connectivity index (χ0v) is 17.6. The molecule has 0 bridgehead atoms. The van der Waals surface area contributed by atoms with E-state index in [1.807, 2.05) is 24.5 Å². The summed E-state index contributed by atoms with van der Waals surface area (Å²) in [5.74, 6) is 0.566. The molecule has 164 valence electrons. The summed E-state index contributed by atoms with van der Waals surface area (Å²) in [5.41, 5.74) is 1.84. The van der Waals surface area contributed by atoms with Crippen LogP contribution in [0.3, 0.4) is 0 Å². The van der Waals surface area contributed by atoms with Gasteiger partial charge in [0.2, 0.25) is 0 Å². The number of amides is 3. The van der Waals surface area contributed by atoms with E-state index in [9.17, 15) is 9.59 Å². The molecule has 2 fully saturated rings. The van der Waals surface area contributed by atoms with Crippen molar-refractivity contribution in [2.24, 2.45) is 0 Å². The van der Waals surface area contributed by atoms with E-state index in [0.29, 0.717) is 31.7 Å². The SMILES string of the molecule is O=C(NCCN1CCNC1=O)c1cccc(OC2CCN(Cc3ccncc3)CC2)c1. The third kappa shape index (κ3) is 5.95. The van der Waals surface area contributed by atoms with E-state index in [4.69, 9.17) is 4.74 Å². The van der Waals surface area contributed by atoms with Crippen molar-refractivity contribution in [2.45, 2.75) is 25.5 Å². The number of hydrogen-bond donors (Lipinski definition) is 2. The normalized spacial score (nSPS) is 17.4. The number of aromatic nitrogens is 1. The van der Waals surface area contributed by atoms with Crippen molar-refractivity contribution in [1.82, 2.24) is 25.4 Å². The Hall–Kier alpha value is -3.13. The van der Waals surface area contributed by atoms with Crippen molar-refractivity contribution in [1.29, 1.82) is 0 Å². The maximum Gasteiger partial charge on any atom is 0.317 e. The minimum absolute atomic E-state index is 0.0727. The van der Waals surface area contributed by atoms with Crippen LogP contribution in [-0.4, -0.2) is 72.1 Å². The van der Waals surface area contributed by atoms with Gasteiger partial charge in [0.1, 0.15) is 11.9 Å². The molecule has 0 unspecified atom stereocenters. The summed E-state index contributed by atoms with van der Waals surface area (Å²) in [6.45, 7) is 5.17. The zero-order valence-electron chi connectivity index (χ0n) is 17.6. The predicted octanol–water partition coefficient (Wildman–Crippen LogP) is 1.88. The van der Waals surface area contributed by atoms with Crippen molar-refractivity contribution in [2.75, 3.05) is 39.3 Å². The Morgan fingerprint density at radius 1 is 1.16 bits per heavy atom. The highest BCUT2D eigenvalue weighted by molar-refractivity contribution is 5.94. The molecule has 0 aliphatic carbocycles. The Kier molecular flexibility index (Phi) is 6.99. The number of urea groups is 1. The Morgan fingerprint density at radius 2 is 1.97 bits per heavy atom. The molecule has 2 saturated heterocycles. The second-order valence-electron chi connectivity index (χ2n) is 7.95. The molecule has 2 N–H and O–H groups in total. The highest BCUT2D eigenvalue weighted by atomic mass is 16.5. The van der Waals surface area contributed by atoms with Crippen LogP contribution in [0.1, 0.15) is 28.8 Å². The second kappa shape index (κ2) is 10.3. The summed E-state index contributed by atoms with van der Waals surface area (Å²) in [6, 6.07) is 11.4. The van der Waals surface area contributed by atoms with Crippen molar-refractivity contribution >= 4 is 11.9 Å². The lowest BCUT2D eigenvalue weighted by atomic mass is 10.1. The van der Waals surface area contributed by atoms with Crippen LogP contribution in [0, 0.1) is 0 Å². The highest BCUT2D eigenvalue weighted by Crippen LogP contribution is 2.21. The van der Waals surface area contributed by atoms with E-state index in [0.717, 1.165) is 38.2 Å². The van der Waals surface area contributed by atoms with Gasteiger partial charge < -0.3 is 20.3 Å². The summed E-state index contributed by atoms with van der Waals surface area (Å²) >= 11 is 0. The Labute approximate surface area is 182 Å².